The third-order valence-corrected chi connectivity index (χ3v) is 3.79. The van der Waals surface area contributed by atoms with E-state index in [-0.39, 0.29) is 0 Å². The molecule has 5 atom stereocenters. The quantitative estimate of drug-likeness (QED) is 0.440. The summed E-state index contributed by atoms with van der Waals surface area (Å²) in [4.78, 5) is 0. The molecule has 96 valence electrons. The second-order valence-electron chi connectivity index (χ2n) is 3.57. The smallest absolute Gasteiger partial charge is 0.213 e. The van der Waals surface area contributed by atoms with Crippen molar-refractivity contribution in [3.05, 3.63) is 0 Å². The fourth-order valence-corrected chi connectivity index (χ4v) is 2.77. The Kier molecular flexibility index (Phi) is 4.23. The lowest BCUT2D eigenvalue weighted by Crippen LogP contribution is -2.78. The molecule has 0 amide bonds. The molecule has 9 heteroatoms. The van der Waals surface area contributed by atoms with Gasteiger partial charge >= 0.3 is 0 Å². The van der Waals surface area contributed by atoms with E-state index in [1.165, 1.54) is 7.11 Å². The van der Waals surface area contributed by atoms with Gasteiger partial charge in [0.15, 0.2) is 6.04 Å². The molecule has 1 rings (SSSR count). The van der Waals surface area contributed by atoms with Crippen LogP contribution in [0.2, 0.25) is 0 Å². The predicted molar refractivity (Wildman–Crippen MR) is 48.9 cm³/mol. The van der Waals surface area contributed by atoms with Gasteiger partial charge in [-0.15, -0.1) is 0 Å². The Morgan fingerprint density at radius 1 is 1.56 bits per heavy atom. The Morgan fingerprint density at radius 2 is 2.12 bits per heavy atom. The Balaban J connectivity index is 3.00. The van der Waals surface area contributed by atoms with Gasteiger partial charge < -0.3 is 30.0 Å². The normalized spacial score (nSPS) is 40.9. The van der Waals surface area contributed by atoms with E-state index < -0.39 is 46.5 Å². The van der Waals surface area contributed by atoms with Gasteiger partial charge in [-0.3, -0.25) is 0 Å². The van der Waals surface area contributed by atoms with Crippen molar-refractivity contribution in [2.24, 2.45) is 0 Å². The number of ether oxygens (including phenoxy) is 2. The average Bonchev–Trinajstić information content (AvgIpc) is 2.19. The van der Waals surface area contributed by atoms with E-state index in [0.29, 0.717) is 0 Å². The first-order chi connectivity index (χ1) is 7.32. The molecule has 5 N–H and O–H groups in total. The standard InChI is InChI=1S/C7H15NO7S/c1-14-7-4(8)5(10)6(16(11,12)13)3(2-9)15-7/h3-7,9-10H,2,8H2,1H3,(H,11,12,13)/t3-,4-,5-,6-,7+/m1/s1. The van der Waals surface area contributed by atoms with Crippen molar-refractivity contribution in [3.8, 4) is 0 Å². The van der Waals surface area contributed by atoms with Crippen LogP contribution in [-0.2, 0) is 19.6 Å². The van der Waals surface area contributed by atoms with Crippen LogP contribution >= 0.6 is 0 Å². The van der Waals surface area contributed by atoms with E-state index in [0.717, 1.165) is 0 Å². The Labute approximate surface area is 92.7 Å². The minimum Gasteiger partial charge on any atom is -0.748 e. The zero-order valence-corrected chi connectivity index (χ0v) is 9.46. The van der Waals surface area contributed by atoms with Gasteiger partial charge in [0.25, 0.3) is 0 Å². The summed E-state index contributed by atoms with van der Waals surface area (Å²) < 4.78 is 42.6. The highest BCUT2D eigenvalue weighted by molar-refractivity contribution is 7.86. The largest absolute Gasteiger partial charge is 0.748 e. The first-order valence-corrected chi connectivity index (χ1v) is 6.05. The van der Waals surface area contributed by atoms with Crippen molar-refractivity contribution in [2.75, 3.05) is 13.7 Å². The highest BCUT2D eigenvalue weighted by atomic mass is 32.2. The fourth-order valence-electron chi connectivity index (χ4n) is 1.71. The minimum absolute atomic E-state index is 0.699. The maximum atomic E-state index is 10.9. The second kappa shape index (κ2) is 4.92. The van der Waals surface area contributed by atoms with Crippen LogP contribution in [0.4, 0.5) is 0 Å². The molecule has 0 unspecified atom stereocenters. The summed E-state index contributed by atoms with van der Waals surface area (Å²) in [6.45, 7) is -0.699. The monoisotopic (exact) mass is 257 g/mol. The Bertz CT molecular complexity index is 330. The van der Waals surface area contributed by atoms with Crippen LogP contribution in [-0.4, -0.2) is 66.7 Å². The van der Waals surface area contributed by atoms with E-state index in [1.54, 1.807) is 0 Å². The molecule has 1 heterocycles. The van der Waals surface area contributed by atoms with Gasteiger partial charge in [0, 0.05) is 7.11 Å². The molecule has 16 heavy (non-hydrogen) atoms. The topological polar surface area (TPSA) is 144 Å². The predicted octanol–water partition coefficient (Wildman–Crippen LogP) is -3.76. The number of aliphatic hydroxyl groups excluding tert-OH is 2. The van der Waals surface area contributed by atoms with Gasteiger partial charge in [-0.1, -0.05) is 0 Å². The molecular formula is C7H15NO7S. The fraction of sp³-hybridized carbons (Fsp3) is 1.00. The van der Waals surface area contributed by atoms with Crippen molar-refractivity contribution < 1.29 is 38.4 Å². The molecule has 0 saturated carbocycles. The number of rotatable bonds is 3. The molecule has 1 aliphatic rings. The summed E-state index contributed by atoms with van der Waals surface area (Å²) in [5, 5.41) is 16.9. The molecule has 1 aliphatic heterocycles. The summed E-state index contributed by atoms with van der Waals surface area (Å²) in [6.07, 6.45) is -3.79. The van der Waals surface area contributed by atoms with Crippen LogP contribution in [0.1, 0.15) is 0 Å². The van der Waals surface area contributed by atoms with Gasteiger partial charge in [0.2, 0.25) is 6.29 Å². The van der Waals surface area contributed by atoms with Crippen molar-refractivity contribution in [1.82, 2.24) is 0 Å². The van der Waals surface area contributed by atoms with Crippen LogP contribution in [0.5, 0.6) is 0 Å². The second-order valence-corrected chi connectivity index (χ2v) is 5.10. The lowest BCUT2D eigenvalue weighted by molar-refractivity contribution is -0.491. The summed E-state index contributed by atoms with van der Waals surface area (Å²) >= 11 is 0. The summed E-state index contributed by atoms with van der Waals surface area (Å²) in [6, 6.07) is -0.915. The van der Waals surface area contributed by atoms with Crippen LogP contribution in [0.15, 0.2) is 0 Å². The van der Waals surface area contributed by atoms with E-state index in [9.17, 15) is 18.1 Å². The van der Waals surface area contributed by atoms with Crippen molar-refractivity contribution in [3.63, 3.8) is 0 Å². The highest BCUT2D eigenvalue weighted by Gasteiger charge is 2.48. The maximum absolute atomic E-state index is 10.9. The number of quaternary nitrogens is 1. The summed E-state index contributed by atoms with van der Waals surface area (Å²) in [5.74, 6) is 0. The molecule has 0 spiro atoms. The van der Waals surface area contributed by atoms with Crippen LogP contribution < -0.4 is 5.73 Å². The van der Waals surface area contributed by atoms with Crippen molar-refractivity contribution in [1.29, 1.82) is 0 Å². The Morgan fingerprint density at radius 3 is 2.50 bits per heavy atom. The lowest BCUT2D eigenvalue weighted by atomic mass is 10.0. The van der Waals surface area contributed by atoms with E-state index >= 15 is 0 Å². The molecule has 0 aliphatic carbocycles. The molecule has 0 aromatic heterocycles. The maximum Gasteiger partial charge on any atom is 0.213 e. The molecule has 0 aromatic rings. The van der Waals surface area contributed by atoms with Crippen LogP contribution in [0.3, 0.4) is 0 Å². The van der Waals surface area contributed by atoms with Crippen molar-refractivity contribution >= 4 is 10.1 Å². The molecular weight excluding hydrogens is 242 g/mol. The molecule has 0 aromatic carbocycles. The average molecular weight is 257 g/mol. The molecule has 0 radical (unpaired) electrons. The van der Waals surface area contributed by atoms with Crippen LogP contribution in [0, 0.1) is 0 Å². The van der Waals surface area contributed by atoms with E-state index in [4.69, 9.17) is 14.6 Å². The van der Waals surface area contributed by atoms with Gasteiger partial charge in [-0.2, -0.15) is 0 Å². The van der Waals surface area contributed by atoms with E-state index in [2.05, 4.69) is 5.73 Å². The molecule has 0 bridgehead atoms. The van der Waals surface area contributed by atoms with Gasteiger partial charge in [-0.25, -0.2) is 8.42 Å². The summed E-state index contributed by atoms with van der Waals surface area (Å²) in [5.41, 5.74) is 3.48. The van der Waals surface area contributed by atoms with Crippen LogP contribution in [0.25, 0.3) is 0 Å². The summed E-state index contributed by atoms with van der Waals surface area (Å²) in [7, 11) is -3.49. The van der Waals surface area contributed by atoms with Gasteiger partial charge in [0.1, 0.15) is 27.6 Å². The third kappa shape index (κ3) is 2.51. The zero-order chi connectivity index (χ0) is 12.5. The van der Waals surface area contributed by atoms with Crippen molar-refractivity contribution in [2.45, 2.75) is 29.8 Å². The number of hydrogen-bond donors (Lipinski definition) is 3. The first kappa shape index (κ1) is 13.8. The number of aliphatic hydroxyl groups is 2. The van der Waals surface area contributed by atoms with Gasteiger partial charge in [-0.05, 0) is 0 Å². The lowest BCUT2D eigenvalue weighted by Gasteiger charge is -2.40. The molecule has 1 fully saturated rings. The van der Waals surface area contributed by atoms with E-state index in [1.807, 2.05) is 0 Å². The first-order valence-electron chi connectivity index (χ1n) is 4.58. The minimum atomic E-state index is -4.78. The molecule has 1 saturated heterocycles. The number of methoxy groups -OCH3 is 1. The SMILES string of the molecule is CO[C@H]1O[C@H](CO)[C@@H](S(=O)(=O)[O-])[C@H](O)[C@H]1[NH3+]. The Hall–Kier alpha value is -0.290. The van der Waals surface area contributed by atoms with Gasteiger partial charge in [0.05, 0.1) is 6.61 Å². The third-order valence-electron chi connectivity index (χ3n) is 2.55. The number of hydrogen-bond acceptors (Lipinski definition) is 7. The highest BCUT2D eigenvalue weighted by Crippen LogP contribution is 2.24. The molecule has 8 nitrogen and oxygen atoms in total. The zero-order valence-electron chi connectivity index (χ0n) is 8.64.